The second kappa shape index (κ2) is 11.9. The zero-order chi connectivity index (χ0) is 31.4. The van der Waals surface area contributed by atoms with Crippen LogP contribution >= 0.6 is 11.6 Å². The molecule has 2 heterocycles. The average molecular weight is 654 g/mol. The highest BCUT2D eigenvalue weighted by molar-refractivity contribution is 7.90. The SMILES string of the molecule is CO[C@@H]1/C=C/CN(C)CC2(CCC2)C(=O)NS(=O)(=O)c2ccc3c(c2)N(C[C@@H]2CC[C@H]21)C[C@@]1(CCCc2cc(Cl)ccc21)CO3. The summed E-state index contributed by atoms with van der Waals surface area (Å²) >= 11 is 6.43. The number of nitrogens with zero attached hydrogens (tertiary/aromatic N) is 2. The van der Waals surface area contributed by atoms with Crippen molar-refractivity contribution in [3.05, 3.63) is 64.7 Å². The Morgan fingerprint density at radius 3 is 2.60 bits per heavy atom. The number of rotatable bonds is 1. The number of amides is 1. The molecule has 8 nitrogen and oxygen atoms in total. The molecule has 2 aliphatic heterocycles. The van der Waals surface area contributed by atoms with E-state index in [1.165, 1.54) is 11.1 Å². The molecule has 2 saturated carbocycles. The van der Waals surface area contributed by atoms with Gasteiger partial charge in [0.25, 0.3) is 10.0 Å². The molecule has 1 amide bonds. The van der Waals surface area contributed by atoms with Crippen molar-refractivity contribution in [2.75, 3.05) is 51.8 Å². The number of nitrogens with one attached hydrogen (secondary N) is 1. The first-order valence-corrected chi connectivity index (χ1v) is 18.2. The number of anilines is 1. The maximum atomic E-state index is 13.8. The molecular formula is C35H44ClN3O5S. The van der Waals surface area contributed by atoms with Crippen LogP contribution in [0.25, 0.3) is 0 Å². The van der Waals surface area contributed by atoms with E-state index in [1.807, 2.05) is 13.1 Å². The summed E-state index contributed by atoms with van der Waals surface area (Å²) in [6.45, 7) is 3.14. The Morgan fingerprint density at radius 1 is 1.04 bits per heavy atom. The van der Waals surface area contributed by atoms with E-state index in [0.717, 1.165) is 55.8 Å². The smallest absolute Gasteiger partial charge is 0.264 e. The third-order valence-corrected chi connectivity index (χ3v) is 12.8. The van der Waals surface area contributed by atoms with Crippen molar-refractivity contribution < 1.29 is 22.7 Å². The third kappa shape index (κ3) is 5.68. The quantitative estimate of drug-likeness (QED) is 0.416. The van der Waals surface area contributed by atoms with Crippen LogP contribution < -0.4 is 14.4 Å². The molecule has 0 aromatic heterocycles. The van der Waals surface area contributed by atoms with Crippen LogP contribution in [-0.2, 0) is 31.4 Å². The Hall–Kier alpha value is -2.59. The van der Waals surface area contributed by atoms with Gasteiger partial charge >= 0.3 is 0 Å². The molecule has 2 bridgehead atoms. The number of benzene rings is 2. The van der Waals surface area contributed by atoms with Gasteiger partial charge in [0.2, 0.25) is 5.91 Å². The number of ether oxygens (including phenoxy) is 2. The van der Waals surface area contributed by atoms with Gasteiger partial charge in [-0.2, -0.15) is 0 Å². The lowest BCUT2D eigenvalue weighted by Gasteiger charge is -2.46. The number of carbonyl (C=O) groups is 1. The zero-order valence-corrected chi connectivity index (χ0v) is 27.8. The van der Waals surface area contributed by atoms with Crippen LogP contribution in [0, 0.1) is 17.3 Å². The highest BCUT2D eigenvalue weighted by Gasteiger charge is 2.47. The predicted octanol–water partition coefficient (Wildman–Crippen LogP) is 5.33. The Bertz CT molecular complexity index is 1610. The summed E-state index contributed by atoms with van der Waals surface area (Å²) in [6.07, 6.45) is 11.7. The minimum atomic E-state index is -4.10. The number of likely N-dealkylation sites (N-methyl/N-ethyl adjacent to an activating group) is 1. The van der Waals surface area contributed by atoms with Crippen molar-refractivity contribution in [3.8, 4) is 5.75 Å². The number of hydrogen-bond donors (Lipinski definition) is 1. The van der Waals surface area contributed by atoms with E-state index < -0.39 is 21.3 Å². The van der Waals surface area contributed by atoms with Gasteiger partial charge in [0.1, 0.15) is 5.75 Å². The van der Waals surface area contributed by atoms with Gasteiger partial charge in [-0.3, -0.25) is 4.79 Å². The summed E-state index contributed by atoms with van der Waals surface area (Å²) in [7, 11) is -0.326. The summed E-state index contributed by atoms with van der Waals surface area (Å²) in [5.41, 5.74) is 2.33. The van der Waals surface area contributed by atoms with E-state index in [2.05, 4.69) is 38.8 Å². The van der Waals surface area contributed by atoms with Crippen molar-refractivity contribution in [1.29, 1.82) is 0 Å². The van der Waals surface area contributed by atoms with Crippen molar-refractivity contribution >= 4 is 33.2 Å². The number of sulfonamides is 1. The fourth-order valence-corrected chi connectivity index (χ4v) is 9.79. The molecule has 0 saturated heterocycles. The molecule has 0 unspecified atom stereocenters. The van der Waals surface area contributed by atoms with Crippen LogP contribution in [0.3, 0.4) is 0 Å². The highest BCUT2D eigenvalue weighted by Crippen LogP contribution is 2.47. The zero-order valence-electron chi connectivity index (χ0n) is 26.3. The molecule has 3 aliphatic carbocycles. The van der Waals surface area contributed by atoms with Gasteiger partial charge in [0, 0.05) is 43.7 Å². The topological polar surface area (TPSA) is 88.2 Å². The van der Waals surface area contributed by atoms with Crippen molar-refractivity contribution in [1.82, 2.24) is 9.62 Å². The predicted molar refractivity (Wildman–Crippen MR) is 175 cm³/mol. The van der Waals surface area contributed by atoms with Gasteiger partial charge < -0.3 is 19.3 Å². The van der Waals surface area contributed by atoms with E-state index >= 15 is 0 Å². The normalized spacial score (nSPS) is 31.7. The Morgan fingerprint density at radius 2 is 1.87 bits per heavy atom. The third-order valence-electron chi connectivity index (χ3n) is 11.3. The van der Waals surface area contributed by atoms with E-state index in [9.17, 15) is 13.2 Å². The lowest BCUT2D eigenvalue weighted by atomic mass is 9.68. The van der Waals surface area contributed by atoms with Gasteiger partial charge in [-0.15, -0.1) is 0 Å². The Balaban J connectivity index is 1.31. The lowest BCUT2D eigenvalue weighted by Crippen LogP contribution is -2.53. The molecule has 2 aromatic carbocycles. The maximum Gasteiger partial charge on any atom is 0.264 e. The molecule has 2 fully saturated rings. The minimum absolute atomic E-state index is 0.00489. The molecule has 2 spiro atoms. The molecule has 242 valence electrons. The van der Waals surface area contributed by atoms with Crippen molar-refractivity contribution in [3.63, 3.8) is 0 Å². The molecule has 10 heteroatoms. The molecular weight excluding hydrogens is 610 g/mol. The number of halogens is 1. The van der Waals surface area contributed by atoms with Gasteiger partial charge in [0.15, 0.2) is 0 Å². The summed E-state index contributed by atoms with van der Waals surface area (Å²) in [6, 6.07) is 11.3. The van der Waals surface area contributed by atoms with Crippen LogP contribution in [0.2, 0.25) is 5.02 Å². The molecule has 1 N–H and O–H groups in total. The van der Waals surface area contributed by atoms with Crippen molar-refractivity contribution in [2.45, 2.75) is 67.8 Å². The number of fused-ring (bicyclic) bond motifs is 4. The summed E-state index contributed by atoms with van der Waals surface area (Å²) in [4.78, 5) is 18.2. The van der Waals surface area contributed by atoms with E-state index in [4.69, 9.17) is 21.1 Å². The number of hydrogen-bond acceptors (Lipinski definition) is 7. The standard InChI is InChI=1S/C35H44ClN3O5S/c1-38-17-4-7-31(43-2)28-11-8-25(28)20-39-22-35(14-3-6-24-18-26(36)9-12-29(24)35)23-44-32-13-10-27(19-30(32)39)45(41,42)37-33(40)34(21-38)15-5-16-34/h4,7,9-10,12-13,18-19,25,28,31H,3,5-6,8,11,14-17,20-23H2,1-2H3,(H,37,40)/b7-4+/t25-,28+,31+,35-/m0/s1. The summed E-state index contributed by atoms with van der Waals surface area (Å²) in [5, 5.41) is 0.743. The monoisotopic (exact) mass is 653 g/mol. The largest absolute Gasteiger partial charge is 0.490 e. The Kier molecular flexibility index (Phi) is 8.20. The number of methoxy groups -OCH3 is 1. The fourth-order valence-electron chi connectivity index (χ4n) is 8.50. The van der Waals surface area contributed by atoms with Crippen LogP contribution in [0.1, 0.15) is 56.1 Å². The summed E-state index contributed by atoms with van der Waals surface area (Å²) < 4.78 is 42.7. The molecule has 7 rings (SSSR count). The van der Waals surface area contributed by atoms with Crippen LogP contribution in [-0.4, -0.2) is 72.3 Å². The first-order chi connectivity index (χ1) is 21.6. The average Bonchev–Trinajstić information content (AvgIpc) is 3.12. The van der Waals surface area contributed by atoms with E-state index in [-0.39, 0.29) is 16.4 Å². The molecule has 45 heavy (non-hydrogen) atoms. The fraction of sp³-hybridized carbons (Fsp3) is 0.571. The first-order valence-electron chi connectivity index (χ1n) is 16.4. The second-order valence-electron chi connectivity index (χ2n) is 14.1. The number of aryl methyl sites for hydroxylation is 1. The molecule has 0 radical (unpaired) electrons. The maximum absolute atomic E-state index is 13.8. The van der Waals surface area contributed by atoms with Crippen LogP contribution in [0.4, 0.5) is 5.69 Å². The summed E-state index contributed by atoms with van der Waals surface area (Å²) in [5.74, 6) is 0.998. The lowest BCUT2D eigenvalue weighted by molar-refractivity contribution is -0.135. The Labute approximate surface area is 272 Å². The van der Waals surface area contributed by atoms with Gasteiger partial charge in [-0.1, -0.05) is 36.2 Å². The van der Waals surface area contributed by atoms with E-state index in [1.54, 1.807) is 25.3 Å². The van der Waals surface area contributed by atoms with Crippen LogP contribution in [0.5, 0.6) is 5.75 Å². The minimum Gasteiger partial charge on any atom is -0.490 e. The van der Waals surface area contributed by atoms with E-state index in [0.29, 0.717) is 56.7 Å². The number of carbonyl (C=O) groups excluding carboxylic acids is 1. The van der Waals surface area contributed by atoms with Gasteiger partial charge in [0.05, 0.1) is 28.7 Å². The first kappa shape index (κ1) is 31.0. The molecule has 5 aliphatic rings. The van der Waals surface area contributed by atoms with Gasteiger partial charge in [-0.05, 0) is 105 Å². The molecule has 2 aromatic rings. The molecule has 4 atom stereocenters. The van der Waals surface area contributed by atoms with Crippen molar-refractivity contribution in [2.24, 2.45) is 17.3 Å². The van der Waals surface area contributed by atoms with Crippen LogP contribution in [0.15, 0.2) is 53.4 Å². The highest BCUT2D eigenvalue weighted by atomic mass is 35.5. The second-order valence-corrected chi connectivity index (χ2v) is 16.2. The van der Waals surface area contributed by atoms with Gasteiger partial charge in [-0.25, -0.2) is 13.1 Å².